The van der Waals surface area contributed by atoms with Gasteiger partial charge in [-0.1, -0.05) is 41.8 Å². The van der Waals surface area contributed by atoms with Crippen molar-refractivity contribution in [2.45, 2.75) is 62.7 Å². The molecule has 2 aliphatic carbocycles. The highest BCUT2D eigenvalue weighted by Gasteiger charge is 2.41. The van der Waals surface area contributed by atoms with Crippen LogP contribution in [0.4, 0.5) is 11.4 Å². The number of piperazine rings is 1. The van der Waals surface area contributed by atoms with Crippen LogP contribution in [0.3, 0.4) is 0 Å². The summed E-state index contributed by atoms with van der Waals surface area (Å²) in [6, 6.07) is 20.9. The number of rotatable bonds is 12. The van der Waals surface area contributed by atoms with Crippen LogP contribution in [-0.2, 0) is 21.2 Å². The minimum absolute atomic E-state index is 0.0195. The van der Waals surface area contributed by atoms with E-state index >= 15 is 0 Å². The Balaban J connectivity index is 0.935. The summed E-state index contributed by atoms with van der Waals surface area (Å²) in [5.74, 6) is -0.229. The van der Waals surface area contributed by atoms with E-state index in [1.165, 1.54) is 60.7 Å². The first-order valence-electron chi connectivity index (χ1n) is 21.1. The highest BCUT2D eigenvalue weighted by Crippen LogP contribution is 2.55. The molecule has 0 unspecified atom stereocenters. The number of anilines is 1. The summed E-state index contributed by atoms with van der Waals surface area (Å²) in [5.41, 5.74) is 6.34. The summed E-state index contributed by atoms with van der Waals surface area (Å²) in [6.45, 7) is 5.26. The van der Waals surface area contributed by atoms with E-state index < -0.39 is 20.9 Å². The van der Waals surface area contributed by atoms with Crippen LogP contribution in [-0.4, -0.2) is 80.1 Å². The Morgan fingerprint density at radius 1 is 1.00 bits per heavy atom. The van der Waals surface area contributed by atoms with Crippen molar-refractivity contribution in [2.75, 3.05) is 50.8 Å². The molecule has 1 spiro atoms. The van der Waals surface area contributed by atoms with Gasteiger partial charge in [0, 0.05) is 85.9 Å². The first-order chi connectivity index (χ1) is 29.5. The second-order valence-corrected chi connectivity index (χ2v) is 19.1. The monoisotopic (exact) mass is 864 g/mol. The van der Waals surface area contributed by atoms with E-state index in [0.717, 1.165) is 80.6 Å². The van der Waals surface area contributed by atoms with Gasteiger partial charge in [0.2, 0.25) is 0 Å². The minimum atomic E-state index is -4.52. The standard InChI is InChI=1S/C46H49ClN6O7S/c47-36-5-2-32(3-6-36)41-28-46(14-1-15-46)16-10-35(41)30-51-18-20-52(21-19-51)37-7-9-40(43(26-37)60-38-25-34-11-17-48-44(34)49-29-38)45(54)50-61(57,58)39-8-4-33(42(27-39)53(55)56)24-31-12-22-59-23-13-31/h2-9,11,17,25-27,29,31H,1,10,12-16,18-24,28,30H2,(H,48,49)(H,50,54). The maximum absolute atomic E-state index is 13.9. The van der Waals surface area contributed by atoms with Gasteiger partial charge in [0.15, 0.2) is 0 Å². The molecule has 61 heavy (non-hydrogen) atoms. The van der Waals surface area contributed by atoms with Gasteiger partial charge in [-0.25, -0.2) is 18.1 Å². The fraction of sp³-hybridized carbons (Fsp3) is 0.391. The van der Waals surface area contributed by atoms with E-state index in [1.807, 2.05) is 18.2 Å². The lowest BCUT2D eigenvalue weighted by atomic mass is 9.59. The summed E-state index contributed by atoms with van der Waals surface area (Å²) in [4.78, 5) is 37.3. The Labute approximate surface area is 360 Å². The second kappa shape index (κ2) is 17.2. The van der Waals surface area contributed by atoms with Crippen LogP contribution in [0.5, 0.6) is 11.5 Å². The van der Waals surface area contributed by atoms with Crippen molar-refractivity contribution in [3.8, 4) is 11.5 Å². The molecular weight excluding hydrogens is 816 g/mol. The van der Waals surface area contributed by atoms with Gasteiger partial charge in [0.05, 0.1) is 21.6 Å². The Morgan fingerprint density at radius 3 is 2.52 bits per heavy atom. The van der Waals surface area contributed by atoms with E-state index in [9.17, 15) is 23.3 Å². The number of allylic oxidation sites excluding steroid dienone is 1. The van der Waals surface area contributed by atoms with Crippen LogP contribution in [0.2, 0.25) is 5.02 Å². The van der Waals surface area contributed by atoms with Gasteiger partial charge < -0.3 is 19.4 Å². The SMILES string of the molecule is O=C(NS(=O)(=O)c1ccc(CC2CCOCC2)c([N+](=O)[O-])c1)c1ccc(N2CCN(CC3=C(c4ccc(Cl)cc4)CC4(CCC4)CC3)CC2)cc1Oc1cnc2[nH]ccc2c1. The van der Waals surface area contributed by atoms with Crippen LogP contribution in [0.25, 0.3) is 16.6 Å². The quantitative estimate of drug-likeness (QED) is 0.0916. The smallest absolute Gasteiger partial charge is 0.273 e. The number of amides is 1. The Morgan fingerprint density at radius 2 is 1.79 bits per heavy atom. The molecule has 2 aliphatic heterocycles. The predicted octanol–water partition coefficient (Wildman–Crippen LogP) is 8.93. The number of hydrogen-bond donors (Lipinski definition) is 2. The molecule has 2 N–H and O–H groups in total. The number of nitrogens with zero attached hydrogens (tertiary/aromatic N) is 4. The minimum Gasteiger partial charge on any atom is -0.455 e. The van der Waals surface area contributed by atoms with E-state index in [4.69, 9.17) is 21.1 Å². The maximum Gasteiger partial charge on any atom is 0.273 e. The summed E-state index contributed by atoms with van der Waals surface area (Å²) in [5, 5.41) is 13.7. The number of ether oxygens (including phenoxy) is 2. The fourth-order valence-corrected chi connectivity index (χ4v) is 10.6. The Hall–Kier alpha value is -5.28. The van der Waals surface area contributed by atoms with Crippen LogP contribution in [0.15, 0.2) is 95.7 Å². The first kappa shape index (κ1) is 41.1. The molecule has 4 heterocycles. The molecule has 0 radical (unpaired) electrons. The van der Waals surface area contributed by atoms with Gasteiger partial charge in [-0.05, 0) is 116 Å². The molecule has 15 heteroatoms. The van der Waals surface area contributed by atoms with Gasteiger partial charge in [0.1, 0.15) is 17.1 Å². The lowest BCUT2D eigenvalue weighted by molar-refractivity contribution is -0.385. The Kier molecular flexibility index (Phi) is 11.6. The number of nitro benzene ring substituents is 1. The van der Waals surface area contributed by atoms with Crippen molar-refractivity contribution in [1.82, 2.24) is 19.6 Å². The molecule has 3 aromatic carbocycles. The third kappa shape index (κ3) is 9.04. The zero-order valence-electron chi connectivity index (χ0n) is 33.9. The molecule has 318 valence electrons. The van der Waals surface area contributed by atoms with Gasteiger partial charge in [-0.3, -0.25) is 19.8 Å². The third-order valence-electron chi connectivity index (χ3n) is 13.1. The summed E-state index contributed by atoms with van der Waals surface area (Å²) < 4.78 is 41.3. The van der Waals surface area contributed by atoms with Crippen LogP contribution < -0.4 is 14.4 Å². The number of halogens is 1. The number of nitro groups is 1. The molecular formula is C46H49ClN6O7S. The van der Waals surface area contributed by atoms with Crippen LogP contribution in [0, 0.1) is 21.4 Å². The molecule has 3 fully saturated rings. The average molecular weight is 865 g/mol. The lowest BCUT2D eigenvalue weighted by Gasteiger charge is -2.47. The number of benzene rings is 3. The van der Waals surface area contributed by atoms with Gasteiger partial charge >= 0.3 is 0 Å². The van der Waals surface area contributed by atoms with Crippen molar-refractivity contribution in [2.24, 2.45) is 11.3 Å². The second-order valence-electron chi connectivity index (χ2n) is 17.0. The predicted molar refractivity (Wildman–Crippen MR) is 235 cm³/mol. The van der Waals surface area contributed by atoms with Crippen molar-refractivity contribution in [1.29, 1.82) is 0 Å². The van der Waals surface area contributed by atoms with E-state index in [1.54, 1.807) is 30.5 Å². The van der Waals surface area contributed by atoms with Gasteiger partial charge in [-0.2, -0.15) is 0 Å². The largest absolute Gasteiger partial charge is 0.455 e. The number of sulfonamides is 1. The number of carbonyl (C=O) groups is 1. The number of pyridine rings is 1. The summed E-state index contributed by atoms with van der Waals surface area (Å²) in [6.07, 6.45) is 12.7. The normalized spacial score (nSPS) is 18.6. The third-order valence-corrected chi connectivity index (χ3v) is 14.7. The zero-order chi connectivity index (χ0) is 42.1. The van der Waals surface area contributed by atoms with Crippen molar-refractivity contribution in [3.05, 3.63) is 123 Å². The number of H-pyrrole nitrogens is 1. The van der Waals surface area contributed by atoms with E-state index in [0.29, 0.717) is 42.0 Å². The number of hydrogen-bond acceptors (Lipinski definition) is 10. The molecule has 2 saturated heterocycles. The molecule has 4 aliphatic rings. The average Bonchev–Trinajstić information content (AvgIpc) is 3.72. The van der Waals surface area contributed by atoms with Crippen molar-refractivity contribution in [3.63, 3.8) is 0 Å². The zero-order valence-corrected chi connectivity index (χ0v) is 35.5. The molecule has 0 atom stereocenters. The van der Waals surface area contributed by atoms with Gasteiger partial charge in [-0.15, -0.1) is 0 Å². The van der Waals surface area contributed by atoms with Gasteiger partial charge in [0.25, 0.3) is 21.6 Å². The van der Waals surface area contributed by atoms with E-state index in [2.05, 4.69) is 36.6 Å². The first-order valence-corrected chi connectivity index (χ1v) is 23.0. The number of fused-ring (bicyclic) bond motifs is 1. The van der Waals surface area contributed by atoms with Crippen molar-refractivity contribution < 1.29 is 27.6 Å². The maximum atomic E-state index is 13.9. The number of nitrogens with one attached hydrogen (secondary N) is 2. The summed E-state index contributed by atoms with van der Waals surface area (Å²) in [7, 11) is -4.52. The number of carbonyl (C=O) groups excluding carboxylic acids is 1. The highest BCUT2D eigenvalue weighted by molar-refractivity contribution is 7.90. The molecule has 0 bridgehead atoms. The molecule has 1 saturated carbocycles. The fourth-order valence-electron chi connectivity index (χ4n) is 9.46. The summed E-state index contributed by atoms with van der Waals surface area (Å²) >= 11 is 6.28. The molecule has 5 aromatic rings. The molecule has 9 rings (SSSR count). The highest BCUT2D eigenvalue weighted by atomic mass is 35.5. The van der Waals surface area contributed by atoms with Crippen molar-refractivity contribution >= 4 is 55.5 Å². The Bertz CT molecular complexity index is 2590. The molecule has 1 amide bonds. The van der Waals surface area contributed by atoms with E-state index in [-0.39, 0.29) is 27.8 Å². The van der Waals surface area contributed by atoms with Crippen LogP contribution in [0.1, 0.15) is 72.9 Å². The van der Waals surface area contributed by atoms with Crippen LogP contribution >= 0.6 is 11.6 Å². The molecule has 2 aromatic heterocycles. The molecule has 13 nitrogen and oxygen atoms in total. The number of aromatic nitrogens is 2. The topological polar surface area (TPSA) is 160 Å². The number of aromatic amines is 1. The lowest BCUT2D eigenvalue weighted by Crippen LogP contribution is -2.47.